The fourth-order valence-electron chi connectivity index (χ4n) is 3.69. The molecule has 0 radical (unpaired) electrons. The molecule has 2 aromatic rings. The third-order valence-electron chi connectivity index (χ3n) is 5.49. The summed E-state index contributed by atoms with van der Waals surface area (Å²) < 4.78 is 0. The minimum absolute atomic E-state index is 0. The second-order valence-corrected chi connectivity index (χ2v) is 7.67. The van der Waals surface area contributed by atoms with Crippen LogP contribution in [0.2, 0.25) is 0 Å². The Balaban J connectivity index is 0.00000280. The molecule has 1 fully saturated rings. The van der Waals surface area contributed by atoms with Crippen molar-refractivity contribution >= 4 is 18.3 Å². The molecular weight excluding hydrogens is 372 g/mol. The van der Waals surface area contributed by atoms with Crippen LogP contribution < -0.4 is 5.32 Å². The Bertz CT molecular complexity index is 698. The van der Waals surface area contributed by atoms with E-state index in [9.17, 15) is 4.79 Å². The van der Waals surface area contributed by atoms with E-state index < -0.39 is 0 Å². The molecule has 1 aliphatic heterocycles. The summed E-state index contributed by atoms with van der Waals surface area (Å²) in [6, 6.07) is 12.4. The fraction of sp³-hybridized carbons (Fsp3) is 0.545. The number of aromatic amines is 1. The Morgan fingerprint density at radius 1 is 1.21 bits per heavy atom. The maximum Gasteiger partial charge on any atom is 0.222 e. The van der Waals surface area contributed by atoms with Gasteiger partial charge in [-0.15, -0.1) is 12.4 Å². The molecule has 6 heteroatoms. The topological polar surface area (TPSA) is 61.0 Å². The average Bonchev–Trinajstić information content (AvgIpc) is 3.38. The van der Waals surface area contributed by atoms with Gasteiger partial charge in [0.05, 0.1) is 5.69 Å². The third-order valence-corrected chi connectivity index (χ3v) is 5.49. The second kappa shape index (κ2) is 11.9. The van der Waals surface area contributed by atoms with E-state index in [1.54, 1.807) is 0 Å². The average molecular weight is 405 g/mol. The first-order valence-electron chi connectivity index (χ1n) is 10.3. The first-order chi connectivity index (χ1) is 13.2. The Labute approximate surface area is 174 Å². The molecule has 1 aromatic carbocycles. The molecule has 1 saturated heterocycles. The molecule has 5 nitrogen and oxygen atoms in total. The molecule has 0 saturated carbocycles. The van der Waals surface area contributed by atoms with Gasteiger partial charge in [-0.2, -0.15) is 5.10 Å². The van der Waals surface area contributed by atoms with E-state index in [-0.39, 0.29) is 12.4 Å². The van der Waals surface area contributed by atoms with Gasteiger partial charge >= 0.3 is 0 Å². The number of aryl methyl sites for hydroxylation is 1. The molecule has 2 heterocycles. The van der Waals surface area contributed by atoms with Crippen molar-refractivity contribution in [2.75, 3.05) is 26.7 Å². The minimum Gasteiger partial charge on any atom is -0.346 e. The van der Waals surface area contributed by atoms with Crippen LogP contribution >= 0.6 is 12.4 Å². The number of H-pyrrole nitrogens is 1. The smallest absolute Gasteiger partial charge is 0.222 e. The normalized spacial score (nSPS) is 16.0. The van der Waals surface area contributed by atoms with Gasteiger partial charge in [-0.1, -0.05) is 36.8 Å². The number of unbranched alkanes of at least 4 members (excludes halogenated alkanes) is 2. The van der Waals surface area contributed by atoms with E-state index in [0.29, 0.717) is 18.2 Å². The van der Waals surface area contributed by atoms with Crippen LogP contribution in [-0.4, -0.2) is 47.7 Å². The van der Waals surface area contributed by atoms with Gasteiger partial charge in [0.2, 0.25) is 5.91 Å². The fourth-order valence-corrected chi connectivity index (χ4v) is 3.69. The number of nitrogens with one attached hydrogen (secondary N) is 2. The van der Waals surface area contributed by atoms with Gasteiger partial charge in [-0.05, 0) is 57.2 Å². The molecule has 0 aliphatic carbocycles. The van der Waals surface area contributed by atoms with Crippen LogP contribution in [0.15, 0.2) is 36.4 Å². The summed E-state index contributed by atoms with van der Waals surface area (Å²) >= 11 is 0. The number of amides is 1. The summed E-state index contributed by atoms with van der Waals surface area (Å²) in [6.07, 6.45) is 7.25. The molecule has 0 spiro atoms. The van der Waals surface area contributed by atoms with Gasteiger partial charge in [0, 0.05) is 31.3 Å². The monoisotopic (exact) mass is 404 g/mol. The molecule has 28 heavy (non-hydrogen) atoms. The molecule has 154 valence electrons. The highest BCUT2D eigenvalue weighted by atomic mass is 35.5. The Hall–Kier alpha value is -1.85. The van der Waals surface area contributed by atoms with Crippen LogP contribution in [0.4, 0.5) is 0 Å². The van der Waals surface area contributed by atoms with Crippen molar-refractivity contribution in [1.82, 2.24) is 20.4 Å². The van der Waals surface area contributed by atoms with Gasteiger partial charge in [0.25, 0.3) is 0 Å². The van der Waals surface area contributed by atoms with E-state index in [1.165, 1.54) is 12.1 Å². The maximum atomic E-state index is 12.2. The number of aromatic nitrogens is 2. The first-order valence-corrected chi connectivity index (χ1v) is 10.3. The zero-order chi connectivity index (χ0) is 18.9. The number of hydrogen-bond acceptors (Lipinski definition) is 3. The van der Waals surface area contributed by atoms with Gasteiger partial charge in [0.1, 0.15) is 0 Å². The van der Waals surface area contributed by atoms with Gasteiger partial charge < -0.3 is 10.2 Å². The lowest BCUT2D eigenvalue weighted by Crippen LogP contribution is -2.28. The zero-order valence-electron chi connectivity index (χ0n) is 16.8. The summed E-state index contributed by atoms with van der Waals surface area (Å²) in [7, 11) is 1.94. The number of carbonyl (C=O) groups excluding carboxylic acids is 1. The van der Waals surface area contributed by atoms with Gasteiger partial charge in [-0.3, -0.25) is 9.89 Å². The second-order valence-electron chi connectivity index (χ2n) is 7.67. The van der Waals surface area contributed by atoms with Gasteiger partial charge in [0.15, 0.2) is 0 Å². The van der Waals surface area contributed by atoms with Crippen LogP contribution in [0.5, 0.6) is 0 Å². The predicted molar refractivity (Wildman–Crippen MR) is 117 cm³/mol. The molecule has 1 aliphatic rings. The molecule has 1 atom stereocenters. The lowest BCUT2D eigenvalue weighted by molar-refractivity contribution is -0.130. The van der Waals surface area contributed by atoms with Crippen LogP contribution in [0.25, 0.3) is 11.3 Å². The van der Waals surface area contributed by atoms with E-state index in [4.69, 9.17) is 0 Å². The summed E-state index contributed by atoms with van der Waals surface area (Å²) in [5.74, 6) is 0.987. The standard InChI is InChI=1S/C22H32N4O.ClH/c1-26(22(27)12-11-18-13-14-23-17-18)15-7-3-6-10-20-16-21(25-24-20)19-8-4-2-5-9-19;/h2,4-5,8-9,16,18,23H,3,6-7,10-15,17H2,1H3,(H,24,25);1H. The highest BCUT2D eigenvalue weighted by Gasteiger charge is 2.17. The zero-order valence-corrected chi connectivity index (χ0v) is 17.6. The van der Waals surface area contributed by atoms with Gasteiger partial charge in [-0.25, -0.2) is 0 Å². The van der Waals surface area contributed by atoms with Crippen molar-refractivity contribution in [3.8, 4) is 11.3 Å². The Morgan fingerprint density at radius 3 is 2.79 bits per heavy atom. The van der Waals surface area contributed by atoms with Crippen LogP contribution in [-0.2, 0) is 11.2 Å². The molecule has 2 N–H and O–H groups in total. The Kier molecular flexibility index (Phi) is 9.51. The number of nitrogens with zero attached hydrogens (tertiary/aromatic N) is 2. The number of rotatable bonds is 10. The van der Waals surface area contributed by atoms with Crippen molar-refractivity contribution in [2.24, 2.45) is 5.92 Å². The summed E-state index contributed by atoms with van der Waals surface area (Å²) in [5.41, 5.74) is 3.34. The van der Waals surface area contributed by atoms with Crippen LogP contribution in [0.3, 0.4) is 0 Å². The SMILES string of the molecule is CN(CCCCCc1cc(-c2ccccc2)n[nH]1)C(=O)CCC1CCNC1.Cl. The van der Waals surface area contributed by atoms with Crippen molar-refractivity contribution < 1.29 is 4.79 Å². The predicted octanol–water partition coefficient (Wildman–Crippen LogP) is 4.06. The van der Waals surface area contributed by atoms with E-state index in [2.05, 4.69) is 33.7 Å². The molecule has 1 amide bonds. The van der Waals surface area contributed by atoms with Crippen molar-refractivity contribution in [3.63, 3.8) is 0 Å². The molecular formula is C22H33ClN4O. The first kappa shape index (κ1) is 22.4. The van der Waals surface area contributed by atoms with E-state index in [0.717, 1.165) is 63.0 Å². The molecule has 3 rings (SSSR count). The van der Waals surface area contributed by atoms with E-state index >= 15 is 0 Å². The number of benzene rings is 1. The molecule has 0 bridgehead atoms. The van der Waals surface area contributed by atoms with Crippen LogP contribution in [0.1, 0.15) is 44.2 Å². The quantitative estimate of drug-likeness (QED) is 0.587. The number of carbonyl (C=O) groups is 1. The van der Waals surface area contributed by atoms with E-state index in [1.807, 2.05) is 30.1 Å². The summed E-state index contributed by atoms with van der Waals surface area (Å²) in [5, 5.41) is 10.9. The minimum atomic E-state index is 0. The van der Waals surface area contributed by atoms with Crippen molar-refractivity contribution in [1.29, 1.82) is 0 Å². The lowest BCUT2D eigenvalue weighted by Gasteiger charge is -2.18. The highest BCUT2D eigenvalue weighted by molar-refractivity contribution is 5.85. The maximum absolute atomic E-state index is 12.2. The number of halogens is 1. The molecule has 1 aromatic heterocycles. The van der Waals surface area contributed by atoms with Crippen LogP contribution in [0, 0.1) is 5.92 Å². The molecule has 1 unspecified atom stereocenters. The lowest BCUT2D eigenvalue weighted by atomic mass is 10.0. The number of hydrogen-bond donors (Lipinski definition) is 2. The summed E-state index contributed by atoms with van der Waals surface area (Å²) in [4.78, 5) is 14.1. The van der Waals surface area contributed by atoms with Crippen molar-refractivity contribution in [2.45, 2.75) is 44.9 Å². The highest BCUT2D eigenvalue weighted by Crippen LogP contribution is 2.18. The largest absolute Gasteiger partial charge is 0.346 e. The van der Waals surface area contributed by atoms with Crippen molar-refractivity contribution in [3.05, 3.63) is 42.1 Å². The summed E-state index contributed by atoms with van der Waals surface area (Å²) in [6.45, 7) is 3.05. The third kappa shape index (κ3) is 6.95. The Morgan fingerprint density at radius 2 is 2.04 bits per heavy atom.